The quantitative estimate of drug-likeness (QED) is 0.440. The predicted molar refractivity (Wildman–Crippen MR) is 134 cm³/mol. The monoisotopic (exact) mass is 531 g/mol. The summed E-state index contributed by atoms with van der Waals surface area (Å²) >= 11 is 1.25. The molecule has 1 amide bonds. The molecule has 1 fully saturated rings. The van der Waals surface area contributed by atoms with Crippen LogP contribution in [0.5, 0.6) is 5.75 Å². The molecule has 0 aliphatic carbocycles. The van der Waals surface area contributed by atoms with E-state index in [9.17, 15) is 18.0 Å². The number of aryl methyl sites for hydroxylation is 1. The first-order valence-electron chi connectivity index (χ1n) is 11.0. The van der Waals surface area contributed by atoms with Crippen molar-refractivity contribution >= 4 is 38.4 Å². The number of thiazole rings is 1. The van der Waals surface area contributed by atoms with Crippen molar-refractivity contribution in [2.24, 2.45) is 0 Å². The number of aromatic nitrogens is 1. The van der Waals surface area contributed by atoms with E-state index in [1.165, 1.54) is 41.0 Å². The molecule has 1 N–H and O–H groups in total. The summed E-state index contributed by atoms with van der Waals surface area (Å²) in [6.45, 7) is 2.39. The van der Waals surface area contributed by atoms with Gasteiger partial charge in [0.15, 0.2) is 11.7 Å². The molecule has 0 bridgehead atoms. The zero-order valence-corrected chi connectivity index (χ0v) is 21.4. The first-order valence-corrected chi connectivity index (χ1v) is 13.4. The Morgan fingerprint density at radius 2 is 1.86 bits per heavy atom. The number of rotatable bonds is 8. The number of esters is 1. The van der Waals surface area contributed by atoms with Gasteiger partial charge in [0.2, 0.25) is 10.0 Å². The van der Waals surface area contributed by atoms with Gasteiger partial charge in [-0.1, -0.05) is 29.8 Å². The topological polar surface area (TPSA) is 124 Å². The second-order valence-corrected chi connectivity index (χ2v) is 10.7. The lowest BCUT2D eigenvalue weighted by molar-refractivity contribution is -0.119. The molecule has 0 atom stereocenters. The minimum absolute atomic E-state index is 0.0219. The summed E-state index contributed by atoms with van der Waals surface area (Å²) in [5.74, 6) is -1.31. The van der Waals surface area contributed by atoms with Crippen LogP contribution in [0.2, 0.25) is 0 Å². The van der Waals surface area contributed by atoms with Gasteiger partial charge in [0.25, 0.3) is 5.91 Å². The first kappa shape index (κ1) is 25.8. The summed E-state index contributed by atoms with van der Waals surface area (Å²) in [6, 6.07) is 11.8. The van der Waals surface area contributed by atoms with Crippen LogP contribution in [0.4, 0.5) is 5.13 Å². The number of anilines is 1. The van der Waals surface area contributed by atoms with Crippen molar-refractivity contribution in [3.63, 3.8) is 0 Å². The molecular weight excluding hydrogens is 506 g/mol. The molecule has 36 heavy (non-hydrogen) atoms. The Bertz CT molecular complexity index is 1350. The highest BCUT2D eigenvalue weighted by atomic mass is 32.2. The Hall–Kier alpha value is -3.32. The molecule has 1 aliphatic heterocycles. The number of carbonyl (C=O) groups excluding carboxylic acids is 2. The lowest BCUT2D eigenvalue weighted by atomic mass is 10.1. The van der Waals surface area contributed by atoms with Crippen molar-refractivity contribution in [1.29, 1.82) is 0 Å². The van der Waals surface area contributed by atoms with Gasteiger partial charge in [-0.2, -0.15) is 4.31 Å². The van der Waals surface area contributed by atoms with E-state index in [1.807, 2.05) is 36.6 Å². The number of amides is 1. The van der Waals surface area contributed by atoms with Crippen molar-refractivity contribution < 1.29 is 32.2 Å². The Balaban J connectivity index is 1.40. The summed E-state index contributed by atoms with van der Waals surface area (Å²) in [7, 11) is -2.58. The highest BCUT2D eigenvalue weighted by molar-refractivity contribution is 7.89. The largest absolute Gasteiger partial charge is 0.495 e. The molecular formula is C24H25N3O7S2. The van der Waals surface area contributed by atoms with Gasteiger partial charge in [0, 0.05) is 24.0 Å². The van der Waals surface area contributed by atoms with Gasteiger partial charge in [-0.3, -0.25) is 10.1 Å². The fourth-order valence-corrected chi connectivity index (χ4v) is 5.81. The van der Waals surface area contributed by atoms with Gasteiger partial charge in [0.1, 0.15) is 10.6 Å². The predicted octanol–water partition coefficient (Wildman–Crippen LogP) is 2.94. The molecule has 0 spiro atoms. The lowest BCUT2D eigenvalue weighted by Crippen LogP contribution is -2.40. The first-order chi connectivity index (χ1) is 17.3. The fraction of sp³-hybridized carbons (Fsp3) is 0.292. The number of sulfonamides is 1. The average molecular weight is 532 g/mol. The molecule has 190 valence electrons. The number of hydrogen-bond acceptors (Lipinski definition) is 9. The van der Waals surface area contributed by atoms with E-state index >= 15 is 0 Å². The zero-order chi connectivity index (χ0) is 25.7. The number of benzene rings is 2. The van der Waals surface area contributed by atoms with Crippen molar-refractivity contribution in [2.75, 3.05) is 45.3 Å². The van der Waals surface area contributed by atoms with E-state index in [-0.39, 0.29) is 42.5 Å². The maximum atomic E-state index is 13.1. The van der Waals surface area contributed by atoms with Gasteiger partial charge in [-0.05, 0) is 25.1 Å². The normalized spacial score (nSPS) is 14.3. The molecule has 3 aromatic rings. The van der Waals surface area contributed by atoms with Crippen molar-refractivity contribution in [1.82, 2.24) is 9.29 Å². The van der Waals surface area contributed by atoms with E-state index in [2.05, 4.69) is 10.3 Å². The van der Waals surface area contributed by atoms with Crippen LogP contribution in [0, 0.1) is 6.92 Å². The maximum Gasteiger partial charge on any atom is 0.338 e. The molecule has 0 radical (unpaired) electrons. The molecule has 2 aromatic carbocycles. The third-order valence-electron chi connectivity index (χ3n) is 5.42. The fourth-order valence-electron chi connectivity index (χ4n) is 3.49. The second kappa shape index (κ2) is 11.2. The van der Waals surface area contributed by atoms with Crippen LogP contribution in [0.1, 0.15) is 15.9 Å². The average Bonchev–Trinajstić information content (AvgIpc) is 3.36. The van der Waals surface area contributed by atoms with E-state index in [1.54, 1.807) is 0 Å². The smallest absolute Gasteiger partial charge is 0.338 e. The molecule has 0 saturated carbocycles. The molecule has 1 aromatic heterocycles. The Kier molecular flexibility index (Phi) is 7.99. The maximum absolute atomic E-state index is 13.1. The van der Waals surface area contributed by atoms with Crippen LogP contribution in [0.15, 0.2) is 52.7 Å². The van der Waals surface area contributed by atoms with Crippen LogP contribution in [-0.4, -0.2) is 69.6 Å². The molecule has 0 unspecified atom stereocenters. The zero-order valence-electron chi connectivity index (χ0n) is 19.7. The molecule has 10 nitrogen and oxygen atoms in total. The Morgan fingerprint density at radius 1 is 1.14 bits per heavy atom. The van der Waals surface area contributed by atoms with Crippen LogP contribution >= 0.6 is 11.3 Å². The summed E-state index contributed by atoms with van der Waals surface area (Å²) in [4.78, 5) is 29.1. The van der Waals surface area contributed by atoms with Crippen molar-refractivity contribution in [3.05, 3.63) is 59.0 Å². The number of nitrogens with one attached hydrogen (secondary N) is 1. The number of hydrogen-bond donors (Lipinski definition) is 1. The number of methoxy groups -OCH3 is 1. The lowest BCUT2D eigenvalue weighted by Gasteiger charge is -2.26. The van der Waals surface area contributed by atoms with E-state index in [0.29, 0.717) is 5.13 Å². The number of nitrogens with zero attached hydrogens (tertiary/aromatic N) is 2. The summed E-state index contributed by atoms with van der Waals surface area (Å²) < 4.78 is 43.0. The molecule has 4 rings (SSSR count). The van der Waals surface area contributed by atoms with Crippen LogP contribution in [0.25, 0.3) is 11.3 Å². The van der Waals surface area contributed by atoms with Crippen molar-refractivity contribution in [3.8, 4) is 17.0 Å². The molecule has 2 heterocycles. The van der Waals surface area contributed by atoms with Crippen molar-refractivity contribution in [2.45, 2.75) is 11.8 Å². The Morgan fingerprint density at radius 3 is 2.56 bits per heavy atom. The van der Waals surface area contributed by atoms with Crippen LogP contribution < -0.4 is 10.1 Å². The van der Waals surface area contributed by atoms with Crippen LogP contribution in [-0.2, 0) is 24.3 Å². The summed E-state index contributed by atoms with van der Waals surface area (Å²) in [5, 5.41) is 4.79. The standard InChI is InChI=1S/C24H25N3O7S2/c1-16-3-5-17(6-4-16)19-15-35-24(25-19)26-22(28)14-34-23(29)18-7-8-20(32-2)21(13-18)36(30,31)27-9-11-33-12-10-27/h3-8,13,15H,9-12,14H2,1-2H3,(H,25,26,28). The van der Waals surface area contributed by atoms with Gasteiger partial charge < -0.3 is 14.2 Å². The van der Waals surface area contributed by atoms with Gasteiger partial charge >= 0.3 is 5.97 Å². The molecule has 1 saturated heterocycles. The summed E-state index contributed by atoms with van der Waals surface area (Å²) in [6.07, 6.45) is 0. The minimum Gasteiger partial charge on any atom is -0.495 e. The van der Waals surface area contributed by atoms with Gasteiger partial charge in [0.05, 0.1) is 31.6 Å². The highest BCUT2D eigenvalue weighted by Gasteiger charge is 2.30. The Labute approximate surface area is 212 Å². The number of carbonyl (C=O) groups is 2. The highest BCUT2D eigenvalue weighted by Crippen LogP contribution is 2.29. The third kappa shape index (κ3) is 5.90. The molecule has 1 aliphatic rings. The van der Waals surface area contributed by atoms with E-state index in [0.717, 1.165) is 16.8 Å². The number of ether oxygens (including phenoxy) is 3. The van der Waals surface area contributed by atoms with E-state index < -0.39 is 28.5 Å². The SMILES string of the molecule is COc1ccc(C(=O)OCC(=O)Nc2nc(-c3ccc(C)cc3)cs2)cc1S(=O)(=O)N1CCOCC1. The minimum atomic E-state index is -3.92. The van der Waals surface area contributed by atoms with E-state index in [4.69, 9.17) is 14.2 Å². The summed E-state index contributed by atoms with van der Waals surface area (Å²) in [5.41, 5.74) is 2.75. The third-order valence-corrected chi connectivity index (χ3v) is 8.10. The van der Waals surface area contributed by atoms with Gasteiger partial charge in [-0.25, -0.2) is 18.2 Å². The number of morpholine rings is 1. The molecule has 12 heteroatoms. The van der Waals surface area contributed by atoms with Gasteiger partial charge in [-0.15, -0.1) is 11.3 Å². The van der Waals surface area contributed by atoms with Crippen LogP contribution in [0.3, 0.4) is 0 Å². The second-order valence-electron chi connectivity index (χ2n) is 7.91.